The first kappa shape index (κ1) is 32.5. The van der Waals surface area contributed by atoms with Crippen molar-refractivity contribution in [2.45, 2.75) is 38.3 Å². The molecule has 0 aliphatic carbocycles. The van der Waals surface area contributed by atoms with Gasteiger partial charge >= 0.3 is 0 Å². The summed E-state index contributed by atoms with van der Waals surface area (Å²) < 4.78 is 5.37. The third-order valence-corrected chi connectivity index (χ3v) is 8.57. The summed E-state index contributed by atoms with van der Waals surface area (Å²) in [6, 6.07) is 13.2. The molecule has 1 aliphatic rings. The fourth-order valence-corrected chi connectivity index (χ4v) is 5.90. The number of thiazole rings is 1. The number of hydrogen-bond donors (Lipinski definition) is 5. The largest absolute Gasteiger partial charge is 0.378 e. The first-order valence-corrected chi connectivity index (χ1v) is 16.1. The van der Waals surface area contributed by atoms with Gasteiger partial charge in [-0.3, -0.25) is 24.6 Å². The Labute approximate surface area is 270 Å². The van der Waals surface area contributed by atoms with Gasteiger partial charge in [0.05, 0.1) is 25.8 Å². The highest BCUT2D eigenvalue weighted by atomic mass is 32.1. The molecule has 2 aromatic heterocycles. The highest BCUT2D eigenvalue weighted by Crippen LogP contribution is 2.21. The number of Topliss-reactive ketones (excluding diaryl/α,β-unsaturated/α-hetero) is 1. The summed E-state index contributed by atoms with van der Waals surface area (Å²) in [4.78, 5) is 61.2. The number of nitrogens with zero attached hydrogens (tertiary/aromatic N) is 2. The van der Waals surface area contributed by atoms with Crippen LogP contribution in [0.15, 0.2) is 66.3 Å². The van der Waals surface area contributed by atoms with E-state index in [0.717, 1.165) is 27.6 Å². The number of fused-ring (bicyclic) bond motifs is 1. The SMILES string of the molecule is CCC(=O)NC(Cc1ccc(C(=N)N2CCOCC2)cc1)C(=O)NCC(=O)NC(Cc1c[nH]c2ccccc12)C(=O)c1nccs1. The van der Waals surface area contributed by atoms with E-state index in [1.54, 1.807) is 12.3 Å². The van der Waals surface area contributed by atoms with E-state index < -0.39 is 23.9 Å². The molecule has 5 rings (SSSR count). The molecule has 0 spiro atoms. The predicted octanol–water partition coefficient (Wildman–Crippen LogP) is 2.45. The van der Waals surface area contributed by atoms with Crippen LogP contribution in [0.1, 0.15) is 39.8 Å². The minimum atomic E-state index is -0.927. The maximum Gasteiger partial charge on any atom is 0.243 e. The topological polar surface area (TPSA) is 169 Å². The number of hydrogen-bond acceptors (Lipinski definition) is 8. The summed E-state index contributed by atoms with van der Waals surface area (Å²) in [5, 5.41) is 19.6. The first-order valence-electron chi connectivity index (χ1n) is 15.2. The molecule has 240 valence electrons. The van der Waals surface area contributed by atoms with E-state index in [1.807, 2.05) is 59.6 Å². The van der Waals surface area contributed by atoms with Gasteiger partial charge in [-0.1, -0.05) is 49.4 Å². The third-order valence-electron chi connectivity index (χ3n) is 7.78. The van der Waals surface area contributed by atoms with Gasteiger partial charge in [-0.05, 0) is 17.2 Å². The Hall–Kier alpha value is -4.88. The Balaban J connectivity index is 1.22. The number of rotatable bonds is 13. The number of carbonyl (C=O) groups excluding carboxylic acids is 4. The second-order valence-corrected chi connectivity index (χ2v) is 11.8. The van der Waals surface area contributed by atoms with E-state index >= 15 is 0 Å². The van der Waals surface area contributed by atoms with Gasteiger partial charge in [-0.15, -0.1) is 11.3 Å². The van der Waals surface area contributed by atoms with Crippen LogP contribution < -0.4 is 16.0 Å². The van der Waals surface area contributed by atoms with E-state index in [9.17, 15) is 19.2 Å². The molecule has 46 heavy (non-hydrogen) atoms. The highest BCUT2D eigenvalue weighted by Gasteiger charge is 2.27. The molecule has 0 radical (unpaired) electrons. The lowest BCUT2D eigenvalue weighted by atomic mass is 10.0. The van der Waals surface area contributed by atoms with Crippen molar-refractivity contribution in [2.75, 3.05) is 32.8 Å². The number of aromatic nitrogens is 2. The van der Waals surface area contributed by atoms with E-state index in [-0.39, 0.29) is 42.5 Å². The van der Waals surface area contributed by atoms with Gasteiger partial charge in [0.2, 0.25) is 23.5 Å². The average Bonchev–Trinajstić information content (AvgIpc) is 3.78. The molecule has 13 heteroatoms. The van der Waals surface area contributed by atoms with Gasteiger partial charge in [0.1, 0.15) is 11.9 Å². The molecule has 0 bridgehead atoms. The number of H-pyrrole nitrogens is 1. The summed E-state index contributed by atoms with van der Waals surface area (Å²) >= 11 is 1.19. The van der Waals surface area contributed by atoms with Gasteiger partial charge < -0.3 is 30.6 Å². The van der Waals surface area contributed by atoms with E-state index in [1.165, 1.54) is 17.5 Å². The molecule has 12 nitrogen and oxygen atoms in total. The molecular formula is C33H37N7O5S. The van der Waals surface area contributed by atoms with Gasteiger partial charge in [0, 0.05) is 66.6 Å². The number of benzene rings is 2. The number of amidine groups is 1. The zero-order valence-electron chi connectivity index (χ0n) is 25.5. The van der Waals surface area contributed by atoms with E-state index in [2.05, 4.69) is 25.9 Å². The Bertz CT molecular complexity index is 1680. The fraction of sp³-hybridized carbons (Fsp3) is 0.333. The number of ether oxygens (including phenoxy) is 1. The van der Waals surface area contributed by atoms with Gasteiger partial charge in [0.25, 0.3) is 0 Å². The lowest BCUT2D eigenvalue weighted by molar-refractivity contribution is -0.130. The van der Waals surface area contributed by atoms with E-state index in [0.29, 0.717) is 32.1 Å². The van der Waals surface area contributed by atoms with Crippen LogP contribution in [-0.4, -0.2) is 89.1 Å². The lowest BCUT2D eigenvalue weighted by Crippen LogP contribution is -2.51. The maximum absolute atomic E-state index is 13.3. The normalized spacial score (nSPS) is 14.3. The summed E-state index contributed by atoms with van der Waals surface area (Å²) in [6.45, 7) is 3.78. The summed E-state index contributed by atoms with van der Waals surface area (Å²) in [6.07, 6.45) is 3.97. The van der Waals surface area contributed by atoms with E-state index in [4.69, 9.17) is 10.1 Å². The summed E-state index contributed by atoms with van der Waals surface area (Å²) in [5.74, 6) is -1.29. The van der Waals surface area contributed by atoms with Crippen LogP contribution in [0.5, 0.6) is 0 Å². The molecule has 1 fully saturated rings. The Kier molecular flexibility index (Phi) is 10.9. The monoisotopic (exact) mass is 643 g/mol. The molecule has 3 heterocycles. The Morgan fingerprint density at radius 3 is 2.46 bits per heavy atom. The van der Waals surface area contributed by atoms with Crippen molar-refractivity contribution in [1.29, 1.82) is 5.41 Å². The van der Waals surface area contributed by atoms with Crippen molar-refractivity contribution < 1.29 is 23.9 Å². The first-order chi connectivity index (χ1) is 22.3. The summed E-state index contributed by atoms with van der Waals surface area (Å²) in [7, 11) is 0. The van der Waals surface area contributed by atoms with Gasteiger partial charge in [-0.25, -0.2) is 4.98 Å². The van der Waals surface area contributed by atoms with Crippen LogP contribution in [-0.2, 0) is 32.0 Å². The molecular weight excluding hydrogens is 606 g/mol. The number of nitrogens with one attached hydrogen (secondary N) is 5. The summed E-state index contributed by atoms with van der Waals surface area (Å²) in [5.41, 5.74) is 3.31. The molecule has 5 N–H and O–H groups in total. The Morgan fingerprint density at radius 2 is 1.74 bits per heavy atom. The van der Waals surface area contributed by atoms with Crippen molar-refractivity contribution in [1.82, 2.24) is 30.8 Å². The molecule has 2 unspecified atom stereocenters. The molecule has 2 aromatic carbocycles. The molecule has 1 aliphatic heterocycles. The van der Waals surface area contributed by atoms with Crippen LogP contribution in [0, 0.1) is 5.41 Å². The van der Waals surface area contributed by atoms with Crippen LogP contribution in [0.2, 0.25) is 0 Å². The van der Waals surface area contributed by atoms with Crippen molar-refractivity contribution in [3.05, 3.63) is 88.0 Å². The minimum absolute atomic E-state index is 0.189. The number of morpholine rings is 1. The maximum atomic E-state index is 13.3. The number of ketones is 1. The number of amides is 3. The lowest BCUT2D eigenvalue weighted by Gasteiger charge is -2.29. The quantitative estimate of drug-likeness (QED) is 0.0847. The molecule has 2 atom stereocenters. The second-order valence-electron chi connectivity index (χ2n) is 10.9. The molecule has 4 aromatic rings. The molecule has 1 saturated heterocycles. The standard InChI is InChI=1S/C33H37N7O5S/c1-2-28(41)39-27(17-21-7-9-22(10-8-21)31(34)40-12-14-45-15-13-40)32(44)37-20-29(42)38-26(30(43)33-35-11-16-46-33)18-23-19-36-25-6-4-3-5-24(23)25/h3-11,16,19,26-27,34,36H,2,12-15,17-18,20H2,1H3,(H,37,44)(H,38,42)(H,39,41). The van der Waals surface area contributed by atoms with Crippen LogP contribution >= 0.6 is 11.3 Å². The zero-order valence-corrected chi connectivity index (χ0v) is 26.3. The number of aromatic amines is 1. The van der Waals surface area contributed by atoms with Gasteiger partial charge in [-0.2, -0.15) is 0 Å². The Morgan fingerprint density at radius 1 is 1.00 bits per heavy atom. The minimum Gasteiger partial charge on any atom is -0.378 e. The van der Waals surface area contributed by atoms with Crippen molar-refractivity contribution in [3.63, 3.8) is 0 Å². The van der Waals surface area contributed by atoms with Crippen molar-refractivity contribution >= 4 is 51.6 Å². The number of para-hydroxylation sites is 1. The highest BCUT2D eigenvalue weighted by molar-refractivity contribution is 7.11. The number of carbonyl (C=O) groups is 4. The van der Waals surface area contributed by atoms with Crippen LogP contribution in [0.3, 0.4) is 0 Å². The van der Waals surface area contributed by atoms with Crippen molar-refractivity contribution in [3.8, 4) is 0 Å². The van der Waals surface area contributed by atoms with Crippen LogP contribution in [0.25, 0.3) is 10.9 Å². The third kappa shape index (κ3) is 8.23. The second kappa shape index (κ2) is 15.4. The zero-order chi connectivity index (χ0) is 32.5. The van der Waals surface area contributed by atoms with Crippen LogP contribution in [0.4, 0.5) is 0 Å². The smallest absolute Gasteiger partial charge is 0.243 e. The molecule has 0 saturated carbocycles. The molecule has 3 amide bonds. The predicted molar refractivity (Wildman–Crippen MR) is 175 cm³/mol. The fourth-order valence-electron chi connectivity index (χ4n) is 5.27. The average molecular weight is 644 g/mol. The van der Waals surface area contributed by atoms with Gasteiger partial charge in [0.15, 0.2) is 5.01 Å². The van der Waals surface area contributed by atoms with Crippen molar-refractivity contribution in [2.24, 2.45) is 0 Å².